The minimum absolute atomic E-state index is 0.379. The average Bonchev–Trinajstić information content (AvgIpc) is 2.71. The maximum atomic E-state index is 8.54. The van der Waals surface area contributed by atoms with Gasteiger partial charge in [-0.25, -0.2) is 9.97 Å². The molecular weight excluding hydrogens is 208 g/mol. The lowest BCUT2D eigenvalue weighted by molar-refractivity contribution is 1.08. The minimum Gasteiger partial charge on any atom is -0.295 e. The van der Waals surface area contributed by atoms with E-state index in [9.17, 15) is 0 Å². The zero-order chi connectivity index (χ0) is 9.26. The van der Waals surface area contributed by atoms with Crippen molar-refractivity contribution in [2.75, 3.05) is 0 Å². The molecule has 4 nitrogen and oxygen atoms in total. The predicted molar refractivity (Wildman–Crippen MR) is 49.0 cm³/mol. The molecule has 0 aliphatic rings. The Bertz CT molecular complexity index is 467. The minimum atomic E-state index is 0.379. The van der Waals surface area contributed by atoms with Gasteiger partial charge in [0.15, 0.2) is 10.2 Å². The summed E-state index contributed by atoms with van der Waals surface area (Å²) in [5, 5.41) is 9.39. The van der Waals surface area contributed by atoms with Crippen LogP contribution in [0.4, 0.5) is 0 Å². The van der Waals surface area contributed by atoms with E-state index in [1.54, 1.807) is 23.3 Å². The molecule has 0 unspecified atom stereocenters. The van der Waals surface area contributed by atoms with Crippen molar-refractivity contribution in [1.82, 2.24) is 14.5 Å². The number of hydrogen-bond donors (Lipinski definition) is 0. The largest absolute Gasteiger partial charge is 0.295 e. The summed E-state index contributed by atoms with van der Waals surface area (Å²) in [7, 11) is 0. The maximum absolute atomic E-state index is 8.54. The lowest BCUT2D eigenvalue weighted by atomic mass is 10.5. The van der Waals surface area contributed by atoms with E-state index in [0.29, 0.717) is 10.2 Å². The molecule has 64 valence electrons. The summed E-state index contributed by atoms with van der Waals surface area (Å²) in [5.41, 5.74) is 0.379. The third-order valence-corrected chi connectivity index (χ3v) is 2.55. The van der Waals surface area contributed by atoms with Crippen LogP contribution >= 0.6 is 22.9 Å². The van der Waals surface area contributed by atoms with Crippen LogP contribution in [0.15, 0.2) is 18.7 Å². The number of nitrogens with zero attached hydrogens (tertiary/aromatic N) is 4. The number of nitriles is 1. The molecule has 0 aromatic carbocycles. The fraction of sp³-hybridized carbons (Fsp3) is 0. The zero-order valence-corrected chi connectivity index (χ0v) is 7.88. The first-order valence-electron chi connectivity index (χ1n) is 3.35. The summed E-state index contributed by atoms with van der Waals surface area (Å²) in [6.07, 6.45) is 4.82. The van der Waals surface area contributed by atoms with E-state index < -0.39 is 0 Å². The number of rotatable bonds is 1. The van der Waals surface area contributed by atoms with Gasteiger partial charge in [-0.1, -0.05) is 22.9 Å². The van der Waals surface area contributed by atoms with Gasteiger partial charge < -0.3 is 0 Å². The van der Waals surface area contributed by atoms with E-state index in [4.69, 9.17) is 16.9 Å². The van der Waals surface area contributed by atoms with Crippen LogP contribution in [0, 0.1) is 11.3 Å². The van der Waals surface area contributed by atoms with Crippen molar-refractivity contribution >= 4 is 22.9 Å². The molecule has 0 bridgehead atoms. The number of imidazole rings is 1. The van der Waals surface area contributed by atoms with Gasteiger partial charge in [-0.3, -0.25) is 4.57 Å². The lowest BCUT2D eigenvalue weighted by Crippen LogP contribution is -1.83. The van der Waals surface area contributed by atoms with Crippen LogP contribution < -0.4 is 0 Å². The van der Waals surface area contributed by atoms with Gasteiger partial charge in [0, 0.05) is 6.20 Å². The van der Waals surface area contributed by atoms with Crippen molar-refractivity contribution in [2.24, 2.45) is 0 Å². The van der Waals surface area contributed by atoms with Crippen molar-refractivity contribution in [3.05, 3.63) is 28.9 Å². The first-order chi connectivity index (χ1) is 6.29. The highest BCUT2D eigenvalue weighted by Gasteiger charge is 2.03. The molecule has 0 amide bonds. The number of halogens is 1. The fourth-order valence-electron chi connectivity index (χ4n) is 0.865. The van der Waals surface area contributed by atoms with E-state index in [2.05, 4.69) is 9.97 Å². The SMILES string of the molecule is N#Cc1cn(-c2cnc(Cl)s2)cn1. The standard InChI is InChI=1S/C7H3ClN4S/c8-7-10-2-6(13-7)12-3-5(1-9)11-4-12/h2-4H. The highest BCUT2D eigenvalue weighted by Crippen LogP contribution is 2.21. The van der Waals surface area contributed by atoms with Crippen molar-refractivity contribution in [3.63, 3.8) is 0 Å². The number of aromatic nitrogens is 3. The smallest absolute Gasteiger partial charge is 0.185 e. The Morgan fingerprint density at radius 2 is 2.38 bits per heavy atom. The van der Waals surface area contributed by atoms with E-state index >= 15 is 0 Å². The molecule has 2 heterocycles. The molecule has 0 saturated heterocycles. The van der Waals surface area contributed by atoms with Crippen molar-refractivity contribution in [3.8, 4) is 11.1 Å². The second kappa shape index (κ2) is 3.17. The summed E-state index contributed by atoms with van der Waals surface area (Å²) < 4.78 is 2.18. The third-order valence-electron chi connectivity index (χ3n) is 1.42. The van der Waals surface area contributed by atoms with E-state index in [1.807, 2.05) is 6.07 Å². The van der Waals surface area contributed by atoms with Crippen LogP contribution in [-0.2, 0) is 0 Å². The second-order valence-electron chi connectivity index (χ2n) is 2.23. The summed E-state index contributed by atoms with van der Waals surface area (Å²) in [6, 6.07) is 1.94. The Hall–Kier alpha value is -1.38. The zero-order valence-electron chi connectivity index (χ0n) is 6.31. The molecule has 0 radical (unpaired) electrons. The molecule has 0 saturated carbocycles. The van der Waals surface area contributed by atoms with E-state index in [1.165, 1.54) is 11.3 Å². The van der Waals surface area contributed by atoms with Crippen molar-refractivity contribution in [1.29, 1.82) is 5.26 Å². The molecule has 0 aliphatic carbocycles. The molecular formula is C7H3ClN4S. The topological polar surface area (TPSA) is 54.5 Å². The first-order valence-corrected chi connectivity index (χ1v) is 4.55. The highest BCUT2D eigenvalue weighted by molar-refractivity contribution is 7.18. The van der Waals surface area contributed by atoms with Gasteiger partial charge in [0.2, 0.25) is 0 Å². The van der Waals surface area contributed by atoms with Crippen molar-refractivity contribution < 1.29 is 0 Å². The van der Waals surface area contributed by atoms with Crippen LogP contribution in [-0.4, -0.2) is 14.5 Å². The van der Waals surface area contributed by atoms with Gasteiger partial charge in [0.1, 0.15) is 17.4 Å². The van der Waals surface area contributed by atoms with E-state index in [-0.39, 0.29) is 0 Å². The predicted octanol–water partition coefficient (Wildman–Crippen LogP) is 1.85. The van der Waals surface area contributed by atoms with Crippen molar-refractivity contribution in [2.45, 2.75) is 0 Å². The molecule has 0 atom stereocenters. The quantitative estimate of drug-likeness (QED) is 0.722. The summed E-state index contributed by atoms with van der Waals surface area (Å²) in [5.74, 6) is 0. The second-order valence-corrected chi connectivity index (χ2v) is 3.82. The first kappa shape index (κ1) is 8.23. The highest BCUT2D eigenvalue weighted by atomic mass is 35.5. The normalized spacial score (nSPS) is 9.85. The fourth-order valence-corrected chi connectivity index (χ4v) is 1.74. The van der Waals surface area contributed by atoms with Crippen LogP contribution in [0.5, 0.6) is 0 Å². The number of hydrogen-bond acceptors (Lipinski definition) is 4. The van der Waals surface area contributed by atoms with Crippen LogP contribution in [0.25, 0.3) is 5.00 Å². The van der Waals surface area contributed by atoms with Gasteiger partial charge in [-0.2, -0.15) is 5.26 Å². The average molecular weight is 211 g/mol. The summed E-state index contributed by atoms with van der Waals surface area (Å²) >= 11 is 6.99. The third kappa shape index (κ3) is 1.54. The lowest BCUT2D eigenvalue weighted by Gasteiger charge is -1.91. The van der Waals surface area contributed by atoms with Crippen LogP contribution in [0.1, 0.15) is 5.69 Å². The molecule has 6 heteroatoms. The van der Waals surface area contributed by atoms with E-state index in [0.717, 1.165) is 5.00 Å². The van der Waals surface area contributed by atoms with Gasteiger partial charge in [-0.05, 0) is 0 Å². The molecule has 2 aromatic rings. The molecule has 0 spiro atoms. The van der Waals surface area contributed by atoms with Gasteiger partial charge in [0.05, 0.1) is 6.20 Å². The summed E-state index contributed by atoms with van der Waals surface area (Å²) in [6.45, 7) is 0. The Balaban J connectivity index is 2.42. The van der Waals surface area contributed by atoms with Crippen LogP contribution in [0.2, 0.25) is 4.47 Å². The van der Waals surface area contributed by atoms with Gasteiger partial charge >= 0.3 is 0 Å². The molecule has 0 N–H and O–H groups in total. The Kier molecular flexibility index (Phi) is 2.00. The molecule has 2 rings (SSSR count). The van der Waals surface area contributed by atoms with Gasteiger partial charge in [-0.15, -0.1) is 0 Å². The monoisotopic (exact) mass is 210 g/mol. The van der Waals surface area contributed by atoms with Crippen LogP contribution in [0.3, 0.4) is 0 Å². The molecule has 0 aliphatic heterocycles. The molecule has 0 fully saturated rings. The Morgan fingerprint density at radius 1 is 1.54 bits per heavy atom. The Morgan fingerprint density at radius 3 is 2.92 bits per heavy atom. The Labute approximate surface area is 83.0 Å². The maximum Gasteiger partial charge on any atom is 0.185 e. The number of thiazole rings is 1. The molecule has 13 heavy (non-hydrogen) atoms. The molecule has 2 aromatic heterocycles. The van der Waals surface area contributed by atoms with Gasteiger partial charge in [0.25, 0.3) is 0 Å². The summed E-state index contributed by atoms with van der Waals surface area (Å²) in [4.78, 5) is 7.74.